The minimum absolute atomic E-state index is 0.433. The van der Waals surface area contributed by atoms with E-state index in [4.69, 9.17) is 5.11 Å². The van der Waals surface area contributed by atoms with Crippen molar-refractivity contribution in [1.82, 2.24) is 0 Å². The van der Waals surface area contributed by atoms with Crippen LogP contribution in [0.5, 0.6) is 0 Å². The number of aliphatic hydroxyl groups is 1. The molecular weight excluding hydrogens is 264 g/mol. The molecule has 0 spiro atoms. The lowest BCUT2D eigenvalue weighted by Gasteiger charge is -2.08. The average Bonchev–Trinajstić information content (AvgIpc) is 2.50. The van der Waals surface area contributed by atoms with Gasteiger partial charge < -0.3 is 9.84 Å². The fourth-order valence-corrected chi connectivity index (χ4v) is 2.07. The maximum Gasteiger partial charge on any atom is 0.340 e. The van der Waals surface area contributed by atoms with Crippen molar-refractivity contribution in [2.75, 3.05) is 6.79 Å². The number of aryl methyl sites for hydroxylation is 2. The monoisotopic (exact) mass is 286 g/mol. The van der Waals surface area contributed by atoms with Gasteiger partial charge in [-0.3, -0.25) is 0 Å². The van der Waals surface area contributed by atoms with Gasteiger partial charge in [0.05, 0.1) is 5.56 Å². The predicted molar refractivity (Wildman–Crippen MR) is 85.2 cm³/mol. The smallest absolute Gasteiger partial charge is 0.340 e. The SMILES string of the molecule is CC.Cc1ccc(-c2ccc(C(=O)OCO)cc2)c(C)c1. The largest absolute Gasteiger partial charge is 0.435 e. The number of esters is 1. The first-order chi connectivity index (χ1) is 10.1. The van der Waals surface area contributed by atoms with Crippen molar-refractivity contribution >= 4 is 5.97 Å². The van der Waals surface area contributed by atoms with Gasteiger partial charge in [-0.25, -0.2) is 4.79 Å². The number of ether oxygens (including phenoxy) is 1. The van der Waals surface area contributed by atoms with Gasteiger partial charge in [-0.05, 0) is 42.7 Å². The van der Waals surface area contributed by atoms with Crippen LogP contribution >= 0.6 is 0 Å². The lowest BCUT2D eigenvalue weighted by Crippen LogP contribution is -2.05. The summed E-state index contributed by atoms with van der Waals surface area (Å²) in [5.41, 5.74) is 5.06. The van der Waals surface area contributed by atoms with E-state index in [1.807, 2.05) is 26.0 Å². The Hall–Kier alpha value is -2.13. The van der Waals surface area contributed by atoms with Crippen molar-refractivity contribution in [2.45, 2.75) is 27.7 Å². The molecule has 0 saturated heterocycles. The van der Waals surface area contributed by atoms with Crippen LogP contribution in [0.15, 0.2) is 42.5 Å². The molecule has 1 N–H and O–H groups in total. The van der Waals surface area contributed by atoms with Gasteiger partial charge in [-0.15, -0.1) is 0 Å². The van der Waals surface area contributed by atoms with E-state index in [1.54, 1.807) is 12.1 Å². The molecule has 2 aromatic carbocycles. The zero-order valence-corrected chi connectivity index (χ0v) is 13.0. The molecule has 0 atom stereocenters. The van der Waals surface area contributed by atoms with Crippen LogP contribution in [-0.2, 0) is 4.74 Å². The van der Waals surface area contributed by atoms with E-state index in [0.717, 1.165) is 11.1 Å². The predicted octanol–water partition coefficient (Wildman–Crippen LogP) is 4.10. The highest BCUT2D eigenvalue weighted by Gasteiger charge is 2.07. The molecule has 2 aromatic rings. The van der Waals surface area contributed by atoms with Gasteiger partial charge in [0.25, 0.3) is 0 Å². The van der Waals surface area contributed by atoms with Crippen LogP contribution in [0.2, 0.25) is 0 Å². The van der Waals surface area contributed by atoms with Gasteiger partial charge in [0.15, 0.2) is 6.79 Å². The molecule has 0 fully saturated rings. The first-order valence-electron chi connectivity index (χ1n) is 7.07. The molecule has 0 saturated carbocycles. The van der Waals surface area contributed by atoms with Crippen LogP contribution in [0.4, 0.5) is 0 Å². The molecule has 0 aliphatic heterocycles. The third-order valence-electron chi connectivity index (χ3n) is 3.01. The fourth-order valence-electron chi connectivity index (χ4n) is 2.07. The zero-order valence-electron chi connectivity index (χ0n) is 13.0. The third-order valence-corrected chi connectivity index (χ3v) is 3.01. The van der Waals surface area contributed by atoms with Crippen LogP contribution < -0.4 is 0 Å². The molecule has 0 amide bonds. The molecule has 21 heavy (non-hydrogen) atoms. The molecule has 0 aromatic heterocycles. The highest BCUT2D eigenvalue weighted by atomic mass is 16.6. The van der Waals surface area contributed by atoms with E-state index in [2.05, 4.69) is 36.8 Å². The third kappa shape index (κ3) is 4.43. The summed E-state index contributed by atoms with van der Waals surface area (Å²) in [6, 6.07) is 13.4. The van der Waals surface area contributed by atoms with Crippen molar-refractivity contribution in [2.24, 2.45) is 0 Å². The van der Waals surface area contributed by atoms with Gasteiger partial charge in [-0.2, -0.15) is 0 Å². The minimum Gasteiger partial charge on any atom is -0.435 e. The molecule has 0 heterocycles. The van der Waals surface area contributed by atoms with Crippen LogP contribution in [0.25, 0.3) is 11.1 Å². The Balaban J connectivity index is 0.00000106. The van der Waals surface area contributed by atoms with E-state index in [-0.39, 0.29) is 0 Å². The molecule has 2 rings (SSSR count). The number of rotatable bonds is 3. The molecule has 3 heteroatoms. The topological polar surface area (TPSA) is 46.5 Å². The Kier molecular flexibility index (Phi) is 6.63. The van der Waals surface area contributed by atoms with Crippen molar-refractivity contribution in [3.63, 3.8) is 0 Å². The second-order valence-corrected chi connectivity index (χ2v) is 4.46. The van der Waals surface area contributed by atoms with Gasteiger partial charge >= 0.3 is 5.97 Å². The summed E-state index contributed by atoms with van der Waals surface area (Å²) in [6.07, 6.45) is 0. The summed E-state index contributed by atoms with van der Waals surface area (Å²) in [5, 5.41) is 8.55. The highest BCUT2D eigenvalue weighted by molar-refractivity contribution is 5.90. The van der Waals surface area contributed by atoms with E-state index in [1.165, 1.54) is 11.1 Å². The number of hydrogen-bond acceptors (Lipinski definition) is 3. The maximum absolute atomic E-state index is 11.4. The van der Waals surface area contributed by atoms with Gasteiger partial charge in [-0.1, -0.05) is 49.7 Å². The maximum atomic E-state index is 11.4. The average molecular weight is 286 g/mol. The van der Waals surface area contributed by atoms with Crippen molar-refractivity contribution < 1.29 is 14.6 Å². The molecule has 0 radical (unpaired) electrons. The van der Waals surface area contributed by atoms with Crippen LogP contribution in [0.1, 0.15) is 35.3 Å². The second-order valence-electron chi connectivity index (χ2n) is 4.46. The normalized spacial score (nSPS) is 9.57. The lowest BCUT2D eigenvalue weighted by atomic mass is 9.98. The number of carbonyl (C=O) groups excluding carboxylic acids is 1. The number of carbonyl (C=O) groups is 1. The van der Waals surface area contributed by atoms with E-state index < -0.39 is 12.8 Å². The molecule has 112 valence electrons. The quantitative estimate of drug-likeness (QED) is 0.682. The Bertz CT molecular complexity index is 586. The lowest BCUT2D eigenvalue weighted by molar-refractivity contribution is 0.00684. The summed E-state index contributed by atoms with van der Waals surface area (Å²) < 4.78 is 4.53. The highest BCUT2D eigenvalue weighted by Crippen LogP contribution is 2.24. The Morgan fingerprint density at radius 2 is 1.67 bits per heavy atom. The van der Waals surface area contributed by atoms with E-state index >= 15 is 0 Å². The van der Waals surface area contributed by atoms with Crippen molar-refractivity contribution in [3.8, 4) is 11.1 Å². The Labute approximate surface area is 126 Å². The molecule has 3 nitrogen and oxygen atoms in total. The number of hydrogen-bond donors (Lipinski definition) is 1. The van der Waals surface area contributed by atoms with Crippen molar-refractivity contribution in [1.29, 1.82) is 0 Å². The van der Waals surface area contributed by atoms with Crippen LogP contribution in [0.3, 0.4) is 0 Å². The first-order valence-corrected chi connectivity index (χ1v) is 7.07. The minimum atomic E-state index is -0.600. The molecule has 0 aliphatic rings. The van der Waals surface area contributed by atoms with Crippen LogP contribution in [-0.4, -0.2) is 17.9 Å². The van der Waals surface area contributed by atoms with Crippen LogP contribution in [0, 0.1) is 13.8 Å². The summed E-state index contributed by atoms with van der Waals surface area (Å²) in [7, 11) is 0. The fraction of sp³-hybridized carbons (Fsp3) is 0.278. The molecule has 0 bridgehead atoms. The zero-order chi connectivity index (χ0) is 15.8. The van der Waals surface area contributed by atoms with E-state index in [0.29, 0.717) is 5.56 Å². The number of benzene rings is 2. The second kappa shape index (κ2) is 8.22. The summed E-state index contributed by atoms with van der Waals surface area (Å²) in [5.74, 6) is -0.519. The Morgan fingerprint density at radius 3 is 2.19 bits per heavy atom. The number of aliphatic hydroxyl groups excluding tert-OH is 1. The summed E-state index contributed by atoms with van der Waals surface area (Å²) >= 11 is 0. The molecule has 0 aliphatic carbocycles. The summed E-state index contributed by atoms with van der Waals surface area (Å²) in [4.78, 5) is 11.4. The Morgan fingerprint density at radius 1 is 1.05 bits per heavy atom. The molecule has 0 unspecified atom stereocenters. The standard InChI is InChI=1S/C16H16O3.C2H6/c1-11-3-8-15(12(2)9-11)13-4-6-14(7-5-13)16(18)19-10-17;1-2/h3-9,17H,10H2,1-2H3;1-2H3. The van der Waals surface area contributed by atoms with Gasteiger partial charge in [0.1, 0.15) is 0 Å². The first kappa shape index (κ1) is 16.9. The van der Waals surface area contributed by atoms with E-state index in [9.17, 15) is 4.79 Å². The molecular formula is C18H22O3. The van der Waals surface area contributed by atoms with Gasteiger partial charge in [0, 0.05) is 0 Å². The van der Waals surface area contributed by atoms with Crippen molar-refractivity contribution in [3.05, 3.63) is 59.2 Å². The summed E-state index contributed by atoms with van der Waals surface area (Å²) in [6.45, 7) is 7.53. The van der Waals surface area contributed by atoms with Gasteiger partial charge in [0.2, 0.25) is 0 Å².